The number of benzene rings is 2. The van der Waals surface area contributed by atoms with Crippen molar-refractivity contribution in [2.75, 3.05) is 17.3 Å². The summed E-state index contributed by atoms with van der Waals surface area (Å²) >= 11 is 0. The van der Waals surface area contributed by atoms with Gasteiger partial charge >= 0.3 is 0 Å². The molecule has 2 aromatic carbocycles. The summed E-state index contributed by atoms with van der Waals surface area (Å²) in [5.74, 6) is 0.0738. The molecule has 3 nitrogen and oxygen atoms in total. The zero-order chi connectivity index (χ0) is 14.8. The average Bonchev–Trinajstić information content (AvgIpc) is 2.53. The van der Waals surface area contributed by atoms with Crippen LogP contribution in [0.5, 0.6) is 0 Å². The first kappa shape index (κ1) is 13.7. The number of para-hydroxylation sites is 2. The number of hydrogen-bond donors (Lipinski definition) is 1. The number of carbonyl (C=O) groups excluding carboxylic acids is 1. The Labute approximate surface area is 125 Å². The van der Waals surface area contributed by atoms with Crippen molar-refractivity contribution in [3.05, 3.63) is 60.2 Å². The van der Waals surface area contributed by atoms with Crippen LogP contribution in [0, 0.1) is 0 Å². The van der Waals surface area contributed by atoms with Gasteiger partial charge in [0.15, 0.2) is 0 Å². The van der Waals surface area contributed by atoms with E-state index in [-0.39, 0.29) is 11.8 Å². The van der Waals surface area contributed by atoms with Crippen LogP contribution in [0.3, 0.4) is 0 Å². The second kappa shape index (κ2) is 5.60. The van der Waals surface area contributed by atoms with E-state index in [2.05, 4.69) is 18.3 Å². The van der Waals surface area contributed by atoms with Gasteiger partial charge in [-0.2, -0.15) is 0 Å². The molecule has 0 fully saturated rings. The lowest BCUT2D eigenvalue weighted by Gasteiger charge is -2.33. The maximum atomic E-state index is 12.9. The third-order valence-electron chi connectivity index (χ3n) is 4.10. The first-order valence-electron chi connectivity index (χ1n) is 7.35. The summed E-state index contributed by atoms with van der Waals surface area (Å²) < 4.78 is 0. The molecule has 0 spiro atoms. The lowest BCUT2D eigenvalue weighted by atomic mass is 9.86. The van der Waals surface area contributed by atoms with Crippen molar-refractivity contribution >= 4 is 17.3 Å². The van der Waals surface area contributed by atoms with Gasteiger partial charge in [-0.05, 0) is 37.1 Å². The van der Waals surface area contributed by atoms with Gasteiger partial charge in [0.25, 0.3) is 0 Å². The molecule has 21 heavy (non-hydrogen) atoms. The standard InChI is InChI=1S/C18H20N2O/c1-13-12-16(15-10-6-7-11-17(15)19-13)18(21)20(2)14-8-4-3-5-9-14/h3-11,13,16,19H,12H2,1-2H3. The number of fused-ring (bicyclic) bond motifs is 1. The summed E-state index contributed by atoms with van der Waals surface area (Å²) in [6.07, 6.45) is 0.826. The van der Waals surface area contributed by atoms with Gasteiger partial charge in [-0.1, -0.05) is 36.4 Å². The van der Waals surface area contributed by atoms with Crippen LogP contribution >= 0.6 is 0 Å². The van der Waals surface area contributed by atoms with Crippen molar-refractivity contribution in [2.45, 2.75) is 25.3 Å². The molecule has 1 aliphatic rings. The molecule has 1 aliphatic heterocycles. The van der Waals surface area contributed by atoms with E-state index in [1.54, 1.807) is 4.90 Å². The van der Waals surface area contributed by atoms with Gasteiger partial charge < -0.3 is 10.2 Å². The van der Waals surface area contributed by atoms with E-state index in [1.165, 1.54) is 0 Å². The number of amides is 1. The molecule has 1 N–H and O–H groups in total. The van der Waals surface area contributed by atoms with Crippen LogP contribution in [0.4, 0.5) is 11.4 Å². The Balaban J connectivity index is 1.91. The van der Waals surface area contributed by atoms with Crippen molar-refractivity contribution in [1.82, 2.24) is 0 Å². The van der Waals surface area contributed by atoms with Gasteiger partial charge in [0.2, 0.25) is 5.91 Å². The second-order valence-corrected chi connectivity index (χ2v) is 5.65. The van der Waals surface area contributed by atoms with E-state index in [0.29, 0.717) is 6.04 Å². The van der Waals surface area contributed by atoms with E-state index in [4.69, 9.17) is 0 Å². The highest BCUT2D eigenvalue weighted by Crippen LogP contribution is 2.35. The summed E-state index contributed by atoms with van der Waals surface area (Å²) in [5, 5.41) is 3.45. The highest BCUT2D eigenvalue weighted by atomic mass is 16.2. The molecular weight excluding hydrogens is 260 g/mol. The van der Waals surface area contributed by atoms with Gasteiger partial charge in [-0.25, -0.2) is 0 Å². The van der Waals surface area contributed by atoms with Crippen LogP contribution in [0.2, 0.25) is 0 Å². The number of rotatable bonds is 2. The largest absolute Gasteiger partial charge is 0.382 e. The number of likely N-dealkylation sites (N-methyl/N-ethyl adjacent to an activating group) is 1. The first-order valence-corrected chi connectivity index (χ1v) is 7.35. The molecule has 1 heterocycles. The predicted octanol–water partition coefficient (Wildman–Crippen LogP) is 3.64. The summed E-state index contributed by atoms with van der Waals surface area (Å²) in [6.45, 7) is 2.12. The molecule has 0 aromatic heterocycles. The van der Waals surface area contributed by atoms with Crippen molar-refractivity contribution in [3.63, 3.8) is 0 Å². The Morgan fingerprint density at radius 1 is 1.10 bits per heavy atom. The minimum atomic E-state index is -0.0809. The minimum Gasteiger partial charge on any atom is -0.382 e. The SMILES string of the molecule is CC1CC(C(=O)N(C)c2ccccc2)c2ccccc2N1. The fraction of sp³-hybridized carbons (Fsp3) is 0.278. The fourth-order valence-corrected chi connectivity index (χ4v) is 2.98. The first-order chi connectivity index (χ1) is 10.2. The normalized spacial score (nSPS) is 20.3. The Kier molecular flexibility index (Phi) is 3.65. The molecule has 2 atom stereocenters. The lowest BCUT2D eigenvalue weighted by molar-refractivity contribution is -0.120. The summed E-state index contributed by atoms with van der Waals surface area (Å²) in [5.41, 5.74) is 3.12. The molecule has 0 saturated heterocycles. The molecule has 0 radical (unpaired) electrons. The van der Waals surface area contributed by atoms with E-state index in [1.807, 2.05) is 55.6 Å². The summed E-state index contributed by atoms with van der Waals surface area (Å²) in [6, 6.07) is 18.2. The molecule has 2 aromatic rings. The van der Waals surface area contributed by atoms with E-state index in [0.717, 1.165) is 23.4 Å². The van der Waals surface area contributed by atoms with Crippen LogP contribution in [-0.2, 0) is 4.79 Å². The lowest BCUT2D eigenvalue weighted by Crippen LogP contribution is -2.37. The van der Waals surface area contributed by atoms with Gasteiger partial charge in [0, 0.05) is 24.5 Å². The van der Waals surface area contributed by atoms with Gasteiger partial charge in [-0.15, -0.1) is 0 Å². The zero-order valence-electron chi connectivity index (χ0n) is 12.4. The molecule has 0 bridgehead atoms. The summed E-state index contributed by atoms with van der Waals surface area (Å²) in [4.78, 5) is 14.7. The monoisotopic (exact) mass is 280 g/mol. The molecule has 3 heteroatoms. The second-order valence-electron chi connectivity index (χ2n) is 5.65. The number of hydrogen-bond acceptors (Lipinski definition) is 2. The van der Waals surface area contributed by atoms with Crippen LogP contribution in [0.25, 0.3) is 0 Å². The van der Waals surface area contributed by atoms with Crippen LogP contribution in [0.1, 0.15) is 24.8 Å². The maximum Gasteiger partial charge on any atom is 0.234 e. The molecule has 0 saturated carbocycles. The Bertz CT molecular complexity index is 639. The number of nitrogens with zero attached hydrogens (tertiary/aromatic N) is 1. The van der Waals surface area contributed by atoms with Crippen molar-refractivity contribution in [1.29, 1.82) is 0 Å². The molecule has 108 valence electrons. The zero-order valence-corrected chi connectivity index (χ0v) is 12.4. The number of anilines is 2. The number of carbonyl (C=O) groups is 1. The summed E-state index contributed by atoms with van der Waals surface area (Å²) in [7, 11) is 1.85. The predicted molar refractivity (Wildman–Crippen MR) is 86.7 cm³/mol. The Hall–Kier alpha value is -2.29. The van der Waals surface area contributed by atoms with E-state index >= 15 is 0 Å². The van der Waals surface area contributed by atoms with Crippen molar-refractivity contribution in [2.24, 2.45) is 0 Å². The molecular formula is C18H20N2O. The van der Waals surface area contributed by atoms with Gasteiger partial charge in [0.1, 0.15) is 0 Å². The quantitative estimate of drug-likeness (QED) is 0.911. The van der Waals surface area contributed by atoms with Crippen LogP contribution in [0.15, 0.2) is 54.6 Å². The minimum absolute atomic E-state index is 0.0809. The van der Waals surface area contributed by atoms with Gasteiger partial charge in [0.05, 0.1) is 5.92 Å². The Morgan fingerprint density at radius 3 is 2.52 bits per heavy atom. The van der Waals surface area contributed by atoms with Gasteiger partial charge in [-0.3, -0.25) is 4.79 Å². The molecule has 3 rings (SSSR count). The average molecular weight is 280 g/mol. The third-order valence-corrected chi connectivity index (χ3v) is 4.10. The highest BCUT2D eigenvalue weighted by Gasteiger charge is 2.31. The smallest absolute Gasteiger partial charge is 0.234 e. The Morgan fingerprint density at radius 2 is 1.76 bits per heavy atom. The topological polar surface area (TPSA) is 32.3 Å². The van der Waals surface area contributed by atoms with Crippen LogP contribution in [-0.4, -0.2) is 19.0 Å². The highest BCUT2D eigenvalue weighted by molar-refractivity contribution is 5.98. The van der Waals surface area contributed by atoms with Crippen molar-refractivity contribution in [3.8, 4) is 0 Å². The molecule has 1 amide bonds. The number of nitrogens with one attached hydrogen (secondary N) is 1. The van der Waals surface area contributed by atoms with E-state index < -0.39 is 0 Å². The van der Waals surface area contributed by atoms with Crippen molar-refractivity contribution < 1.29 is 4.79 Å². The fourth-order valence-electron chi connectivity index (χ4n) is 2.98. The van der Waals surface area contributed by atoms with E-state index in [9.17, 15) is 4.79 Å². The third kappa shape index (κ3) is 2.64. The van der Waals surface area contributed by atoms with Crippen LogP contribution < -0.4 is 10.2 Å². The molecule has 2 unspecified atom stereocenters. The maximum absolute atomic E-state index is 12.9. The molecule has 0 aliphatic carbocycles.